The normalized spacial score (nSPS) is 31.4. The van der Waals surface area contributed by atoms with Gasteiger partial charge in [0, 0.05) is 12.3 Å². The number of hydrogen-bond donors (Lipinski definition) is 4. The van der Waals surface area contributed by atoms with Crippen LogP contribution in [0.4, 0.5) is 4.39 Å². The van der Waals surface area contributed by atoms with Crippen molar-refractivity contribution in [3.63, 3.8) is 0 Å². The molecule has 3 aliphatic rings. The van der Waals surface area contributed by atoms with E-state index in [9.17, 15) is 24.4 Å². The van der Waals surface area contributed by atoms with Gasteiger partial charge in [-0.3, -0.25) is 14.1 Å². The molecule has 1 aromatic carbocycles. The Morgan fingerprint density at radius 1 is 1.32 bits per heavy atom. The molecule has 0 aromatic heterocycles. The molecular weight excluding hydrogens is 548 g/mol. The molecule has 40 heavy (non-hydrogen) atoms. The number of halogens is 1. The number of alkyl halides is 1. The van der Waals surface area contributed by atoms with E-state index in [0.29, 0.717) is 0 Å². The maximum Gasteiger partial charge on any atom is 0.459 e. The summed E-state index contributed by atoms with van der Waals surface area (Å²) in [6.07, 6.45) is 2.74. The highest BCUT2D eigenvalue weighted by Gasteiger charge is 2.64. The molecule has 4 rings (SSSR count). The summed E-state index contributed by atoms with van der Waals surface area (Å²) in [5.41, 5.74) is -2.23. The molecule has 14 heteroatoms. The highest BCUT2D eigenvalue weighted by molar-refractivity contribution is 7.52. The third kappa shape index (κ3) is 6.73. The van der Waals surface area contributed by atoms with Gasteiger partial charge in [0.2, 0.25) is 0 Å². The van der Waals surface area contributed by atoms with Crippen LogP contribution in [-0.4, -0.2) is 69.5 Å². The van der Waals surface area contributed by atoms with Crippen LogP contribution in [-0.2, 0) is 28.2 Å². The fourth-order valence-corrected chi connectivity index (χ4v) is 6.23. The van der Waals surface area contributed by atoms with Crippen LogP contribution in [0.5, 0.6) is 5.75 Å². The maximum absolute atomic E-state index is 16.1. The van der Waals surface area contributed by atoms with Gasteiger partial charge in [0.1, 0.15) is 42.0 Å². The molecule has 1 amide bonds. The Balaban J connectivity index is 1.50. The fourth-order valence-electron chi connectivity index (χ4n) is 4.72. The van der Waals surface area contributed by atoms with Gasteiger partial charge < -0.3 is 34.4 Å². The molecule has 2 heterocycles. The van der Waals surface area contributed by atoms with Crippen LogP contribution in [0.2, 0.25) is 0 Å². The Morgan fingerprint density at radius 2 is 2.00 bits per heavy atom. The molecule has 1 aliphatic carbocycles. The minimum Gasteiger partial charge on any atom is -0.461 e. The summed E-state index contributed by atoms with van der Waals surface area (Å²) in [6.45, 7) is 5.02. The largest absolute Gasteiger partial charge is 0.461 e. The zero-order valence-corrected chi connectivity index (χ0v) is 23.2. The molecule has 12 nitrogen and oxygen atoms in total. The van der Waals surface area contributed by atoms with Crippen molar-refractivity contribution in [2.75, 3.05) is 6.61 Å². The average Bonchev–Trinajstić information content (AvgIpc) is 3.09. The molecule has 1 unspecified atom stereocenters. The lowest BCUT2D eigenvalue weighted by Gasteiger charge is -2.36. The number of aliphatic hydroxyl groups excluding tert-OH is 1. The van der Waals surface area contributed by atoms with Crippen molar-refractivity contribution in [1.29, 1.82) is 0 Å². The highest BCUT2D eigenvalue weighted by Crippen LogP contribution is 2.49. The van der Waals surface area contributed by atoms with Gasteiger partial charge in [0.25, 0.3) is 11.8 Å². The molecule has 2 fully saturated rings. The predicted octanol–water partition coefficient (Wildman–Crippen LogP) is 2.59. The highest BCUT2D eigenvalue weighted by atomic mass is 31.2. The summed E-state index contributed by atoms with van der Waals surface area (Å²) in [6, 6.07) is 6.73. The van der Waals surface area contributed by atoms with E-state index in [1.807, 2.05) is 0 Å². The fraction of sp³-hybridized carbons (Fsp3) is 0.538. The van der Waals surface area contributed by atoms with Gasteiger partial charge in [0.05, 0.1) is 0 Å². The first kappa shape index (κ1) is 30.2. The molecule has 1 aromatic rings. The summed E-state index contributed by atoms with van der Waals surface area (Å²) < 4.78 is 51.7. The van der Waals surface area contributed by atoms with Crippen LogP contribution in [0.3, 0.4) is 0 Å². The van der Waals surface area contributed by atoms with Gasteiger partial charge in [-0.2, -0.15) is 5.09 Å². The number of hydrogen-bond acceptors (Lipinski definition) is 10. The standard InChI is InChI=1S/C26H35FN3O9P/c1-17(22(32)37-19-10-6-4-7-11-19)29-40(35,39-20-12-8-5-9-13-20)36-16-26(27)23(33)25(3,34)24(38-26)30-15-14-21(31)28-18(30)2/h5,8-9,12-15,17,19,23-24,33-34H,2,4,6-7,10-11,16H2,1,3H3,(H,28,31)(H,29,35)/t17?,23-,24+,25+,26+,40-/m0/s1. The number of carbonyl (C=O) groups is 2. The number of esters is 1. The van der Waals surface area contributed by atoms with Crippen molar-refractivity contribution in [3.05, 3.63) is 55.0 Å². The second-order valence-electron chi connectivity index (χ2n) is 10.3. The van der Waals surface area contributed by atoms with E-state index in [2.05, 4.69) is 17.0 Å². The Kier molecular flexibility index (Phi) is 9.03. The average molecular weight is 584 g/mol. The van der Waals surface area contributed by atoms with Gasteiger partial charge in [-0.05, 0) is 51.7 Å². The van der Waals surface area contributed by atoms with Crippen LogP contribution >= 0.6 is 7.75 Å². The molecule has 0 bridgehead atoms. The lowest BCUT2D eigenvalue weighted by atomic mass is 9.95. The SMILES string of the molecule is C=C1NC(=O)C=CN1[C@@H]1O[C@](F)(CO[P@@](=O)(NC(C)C(=O)OC2CCCCC2)Oc2ccccc2)[C@@H](O)[C@@]1(C)O. The predicted molar refractivity (Wildman–Crippen MR) is 140 cm³/mol. The quantitative estimate of drug-likeness (QED) is 0.237. The third-order valence-corrected chi connectivity index (χ3v) is 8.55. The number of ether oxygens (including phenoxy) is 2. The van der Waals surface area contributed by atoms with Crippen molar-refractivity contribution in [2.24, 2.45) is 0 Å². The molecule has 2 aliphatic heterocycles. The van der Waals surface area contributed by atoms with E-state index in [-0.39, 0.29) is 17.7 Å². The van der Waals surface area contributed by atoms with Crippen LogP contribution < -0.4 is 14.9 Å². The Morgan fingerprint density at radius 3 is 2.65 bits per heavy atom. The zero-order valence-electron chi connectivity index (χ0n) is 22.3. The van der Waals surface area contributed by atoms with Crippen molar-refractivity contribution in [2.45, 2.75) is 81.9 Å². The molecule has 4 N–H and O–H groups in total. The molecule has 0 spiro atoms. The lowest BCUT2D eigenvalue weighted by Crippen LogP contribution is -2.54. The summed E-state index contributed by atoms with van der Waals surface area (Å²) in [4.78, 5) is 25.4. The molecule has 220 valence electrons. The molecular formula is C26H35FN3O9P. The van der Waals surface area contributed by atoms with E-state index in [0.717, 1.165) is 50.0 Å². The number of nitrogens with zero attached hydrogens (tertiary/aromatic N) is 1. The Hall–Kier alpha value is -2.80. The summed E-state index contributed by atoms with van der Waals surface area (Å²) in [5, 5.41) is 26.6. The van der Waals surface area contributed by atoms with Crippen molar-refractivity contribution in [3.8, 4) is 5.75 Å². The van der Waals surface area contributed by atoms with Crippen molar-refractivity contribution < 1.29 is 47.3 Å². The van der Waals surface area contributed by atoms with Crippen LogP contribution in [0.25, 0.3) is 0 Å². The number of nitrogens with one attached hydrogen (secondary N) is 2. The number of amides is 1. The minimum absolute atomic E-state index is 0.0276. The topological polar surface area (TPSA) is 156 Å². The summed E-state index contributed by atoms with van der Waals surface area (Å²) >= 11 is 0. The summed E-state index contributed by atoms with van der Waals surface area (Å²) in [7, 11) is -4.51. The summed E-state index contributed by atoms with van der Waals surface area (Å²) in [5.74, 6) is -4.19. The molecule has 1 saturated carbocycles. The van der Waals surface area contributed by atoms with Crippen molar-refractivity contribution >= 4 is 19.6 Å². The van der Waals surface area contributed by atoms with Gasteiger partial charge in [-0.25, -0.2) is 8.96 Å². The molecule has 6 atom stereocenters. The maximum atomic E-state index is 16.1. The Labute approximate surface area is 231 Å². The first-order valence-corrected chi connectivity index (χ1v) is 14.6. The number of para-hydroxylation sites is 1. The smallest absolute Gasteiger partial charge is 0.459 e. The van der Waals surface area contributed by atoms with Crippen LogP contribution in [0.15, 0.2) is 55.0 Å². The monoisotopic (exact) mass is 583 g/mol. The third-order valence-electron chi connectivity index (χ3n) is 6.93. The molecule has 0 radical (unpaired) electrons. The van der Waals surface area contributed by atoms with Gasteiger partial charge in [0.15, 0.2) is 6.23 Å². The van der Waals surface area contributed by atoms with Gasteiger partial charge in [-0.1, -0.05) is 31.2 Å². The van der Waals surface area contributed by atoms with E-state index in [1.54, 1.807) is 18.2 Å². The van der Waals surface area contributed by atoms with Gasteiger partial charge >= 0.3 is 13.7 Å². The second-order valence-corrected chi connectivity index (χ2v) is 12.0. The lowest BCUT2D eigenvalue weighted by molar-refractivity contribution is -0.206. The van der Waals surface area contributed by atoms with Crippen molar-refractivity contribution in [1.82, 2.24) is 15.3 Å². The first-order valence-electron chi connectivity index (χ1n) is 13.0. The minimum atomic E-state index is -4.51. The first-order chi connectivity index (χ1) is 18.8. The number of rotatable bonds is 10. The second kappa shape index (κ2) is 12.0. The molecule has 1 saturated heterocycles. The van der Waals surface area contributed by atoms with Crippen LogP contribution in [0.1, 0.15) is 46.0 Å². The number of carbonyl (C=O) groups excluding carboxylic acids is 2. The van der Waals surface area contributed by atoms with E-state index in [1.165, 1.54) is 25.3 Å². The van der Waals surface area contributed by atoms with E-state index >= 15 is 4.39 Å². The van der Waals surface area contributed by atoms with Crippen LogP contribution in [0, 0.1) is 0 Å². The van der Waals surface area contributed by atoms with Gasteiger partial charge in [-0.15, -0.1) is 0 Å². The zero-order chi connectivity index (χ0) is 29.1. The van der Waals surface area contributed by atoms with E-state index in [4.69, 9.17) is 18.5 Å². The van der Waals surface area contributed by atoms with E-state index < -0.39 is 56.1 Å². The number of aliphatic hydroxyl groups is 2. The Bertz CT molecular complexity index is 1180. The number of benzene rings is 1.